The number of amides is 1. The first kappa shape index (κ1) is 24.2. The molecule has 1 aromatic heterocycles. The van der Waals surface area contributed by atoms with Crippen molar-refractivity contribution in [1.82, 2.24) is 9.29 Å². The van der Waals surface area contributed by atoms with Gasteiger partial charge in [0.05, 0.1) is 11.6 Å². The number of aryl methyl sites for hydroxylation is 1. The molecule has 12 heteroatoms. The second-order valence-corrected chi connectivity index (χ2v) is 9.45. The quantitative estimate of drug-likeness (QED) is 0.572. The molecule has 0 aliphatic carbocycles. The number of aliphatic hydroxyl groups excluding tert-OH is 1. The summed E-state index contributed by atoms with van der Waals surface area (Å²) < 4.78 is 61.9. The van der Waals surface area contributed by atoms with Crippen LogP contribution in [0.15, 0.2) is 29.3 Å². The van der Waals surface area contributed by atoms with Gasteiger partial charge in [-0.05, 0) is 32.0 Å². The first-order valence-electron chi connectivity index (χ1n) is 9.57. The number of alkyl halides is 1. The molecule has 3 N–H and O–H groups in total. The minimum atomic E-state index is -4.24. The van der Waals surface area contributed by atoms with Crippen molar-refractivity contribution in [2.24, 2.45) is 7.05 Å². The van der Waals surface area contributed by atoms with Crippen molar-refractivity contribution in [1.29, 1.82) is 5.26 Å². The number of nitrogens with one attached hydrogen (secondary N) is 2. The van der Waals surface area contributed by atoms with Gasteiger partial charge in [-0.1, -0.05) is 11.8 Å². The number of benzene rings is 1. The molecule has 3 rings (SSSR count). The molecule has 0 fully saturated rings. The second kappa shape index (κ2) is 8.83. The Bertz CT molecular complexity index is 1310. The van der Waals surface area contributed by atoms with Gasteiger partial charge >= 0.3 is 0 Å². The van der Waals surface area contributed by atoms with E-state index in [0.717, 1.165) is 18.3 Å². The van der Waals surface area contributed by atoms with Gasteiger partial charge in [0.15, 0.2) is 17.1 Å². The van der Waals surface area contributed by atoms with E-state index in [1.165, 1.54) is 31.5 Å². The van der Waals surface area contributed by atoms with Gasteiger partial charge in [0.2, 0.25) is 10.0 Å². The molecule has 9 nitrogen and oxygen atoms in total. The molecule has 1 aliphatic heterocycles. The molecule has 1 aromatic carbocycles. The van der Waals surface area contributed by atoms with Crippen LogP contribution in [0.4, 0.5) is 14.5 Å². The number of carbonyl (C=O) groups excluding carboxylic acids is 1. The van der Waals surface area contributed by atoms with E-state index in [9.17, 15) is 27.1 Å². The summed E-state index contributed by atoms with van der Waals surface area (Å²) in [6.07, 6.45) is -0.420. The predicted molar refractivity (Wildman–Crippen MR) is 113 cm³/mol. The van der Waals surface area contributed by atoms with Crippen LogP contribution >= 0.6 is 0 Å². The lowest BCUT2D eigenvalue weighted by molar-refractivity contribution is 0.101. The lowest BCUT2D eigenvalue weighted by atomic mass is 10.1. The molecule has 0 saturated heterocycles. The summed E-state index contributed by atoms with van der Waals surface area (Å²) >= 11 is 0. The summed E-state index contributed by atoms with van der Waals surface area (Å²) in [5.41, 5.74) is -2.23. The number of aromatic nitrogens is 1. The van der Waals surface area contributed by atoms with Gasteiger partial charge < -0.3 is 19.7 Å². The molecule has 2 heterocycles. The number of rotatable bonds is 3. The molecule has 174 valence electrons. The maximum Gasteiger partial charge on any atom is 0.276 e. The van der Waals surface area contributed by atoms with Crippen LogP contribution in [-0.4, -0.2) is 48.4 Å². The third-order valence-corrected chi connectivity index (χ3v) is 6.05. The van der Waals surface area contributed by atoms with Crippen molar-refractivity contribution in [3.8, 4) is 23.7 Å². The fourth-order valence-electron chi connectivity index (χ4n) is 3.02. The number of fused-ring (bicyclic) bond motifs is 1. The third-order valence-electron chi connectivity index (χ3n) is 4.56. The van der Waals surface area contributed by atoms with Gasteiger partial charge in [-0.15, -0.1) is 0 Å². The number of anilines is 1. The van der Waals surface area contributed by atoms with Gasteiger partial charge in [-0.2, -0.15) is 5.26 Å². The lowest BCUT2D eigenvalue weighted by Gasteiger charge is -2.18. The molecule has 0 unspecified atom stereocenters. The van der Waals surface area contributed by atoms with Crippen molar-refractivity contribution in [3.63, 3.8) is 0 Å². The van der Waals surface area contributed by atoms with E-state index in [-0.39, 0.29) is 27.6 Å². The summed E-state index contributed by atoms with van der Waals surface area (Å²) in [6.45, 7) is 1.97. The fourth-order valence-corrected chi connectivity index (χ4v) is 4.44. The number of ether oxygens (including phenoxy) is 1. The highest BCUT2D eigenvalue weighted by molar-refractivity contribution is 7.89. The minimum Gasteiger partial charge on any atom is -0.488 e. The maximum atomic E-state index is 13.6. The molecule has 33 heavy (non-hydrogen) atoms. The Labute approximate surface area is 189 Å². The zero-order chi connectivity index (χ0) is 24.6. The average molecular weight is 478 g/mol. The van der Waals surface area contributed by atoms with Crippen molar-refractivity contribution >= 4 is 21.6 Å². The number of hydrogen-bond acceptors (Lipinski definition) is 6. The van der Waals surface area contributed by atoms with Crippen molar-refractivity contribution < 1.29 is 31.8 Å². The van der Waals surface area contributed by atoms with E-state index < -0.39 is 46.2 Å². The van der Waals surface area contributed by atoms with E-state index in [4.69, 9.17) is 10.00 Å². The number of sulfonamides is 1. The topological polar surface area (TPSA) is 133 Å². The number of carbonyl (C=O) groups is 1. The zero-order valence-electron chi connectivity index (χ0n) is 17.8. The van der Waals surface area contributed by atoms with Gasteiger partial charge in [-0.25, -0.2) is 21.9 Å². The predicted octanol–water partition coefficient (Wildman–Crippen LogP) is 1.44. The molecule has 2 atom stereocenters. The summed E-state index contributed by atoms with van der Waals surface area (Å²) in [7, 11) is -2.82. The van der Waals surface area contributed by atoms with Gasteiger partial charge in [-0.3, -0.25) is 4.79 Å². The summed E-state index contributed by atoms with van der Waals surface area (Å²) in [4.78, 5) is 12.5. The Hall–Kier alpha value is -3.45. The van der Waals surface area contributed by atoms with Crippen molar-refractivity contribution in [2.75, 3.05) is 11.9 Å². The lowest BCUT2D eigenvalue weighted by Crippen LogP contribution is -2.45. The van der Waals surface area contributed by atoms with Gasteiger partial charge in [0.1, 0.15) is 29.5 Å². The van der Waals surface area contributed by atoms with E-state index in [1.54, 1.807) is 6.07 Å². The van der Waals surface area contributed by atoms with Crippen LogP contribution in [0.5, 0.6) is 5.75 Å². The monoisotopic (exact) mass is 478 g/mol. The zero-order valence-corrected chi connectivity index (χ0v) is 18.6. The first-order chi connectivity index (χ1) is 15.3. The summed E-state index contributed by atoms with van der Waals surface area (Å²) in [6, 6.07) is 3.81. The van der Waals surface area contributed by atoms with Crippen LogP contribution in [-0.2, 0) is 17.1 Å². The Kier molecular flexibility index (Phi) is 6.47. The Balaban J connectivity index is 1.92. The Morgan fingerprint density at radius 3 is 2.79 bits per heavy atom. The number of halogens is 2. The van der Waals surface area contributed by atoms with Gasteiger partial charge in [0.25, 0.3) is 5.91 Å². The highest BCUT2D eigenvalue weighted by atomic mass is 32.2. The maximum absolute atomic E-state index is 13.6. The van der Waals surface area contributed by atoms with Crippen LogP contribution in [0.25, 0.3) is 0 Å². The standard InChI is InChI=1S/C21H20F2N4O5S/c1-21(2,23)7-6-16(28)15-11-32-19-17(33(30,31)26-15)10-27(3)18(19)20(29)25-13-4-5-14(22)12(8-13)9-24/h4-5,8,10,15-16,26,28H,11H2,1-3H3,(H,25,29)/t15-,16-/m1/s1. The summed E-state index contributed by atoms with van der Waals surface area (Å²) in [5.74, 6) is 2.64. The molecule has 2 aromatic rings. The Morgan fingerprint density at radius 2 is 2.15 bits per heavy atom. The molecule has 0 spiro atoms. The SMILES string of the molecule is Cn1cc2c(c1C(=O)Nc1ccc(F)c(C#N)c1)OC[C@H]([C@H](O)C#CC(C)(C)F)NS2(=O)=O. The number of nitriles is 1. The third kappa shape index (κ3) is 5.31. The van der Waals surface area contributed by atoms with Crippen LogP contribution in [0.3, 0.4) is 0 Å². The first-order valence-corrected chi connectivity index (χ1v) is 11.1. The normalized spacial score (nSPS) is 17.9. The summed E-state index contributed by atoms with van der Waals surface area (Å²) in [5, 5.41) is 21.6. The molecule has 1 aliphatic rings. The Morgan fingerprint density at radius 1 is 1.45 bits per heavy atom. The number of nitrogens with zero attached hydrogens (tertiary/aromatic N) is 2. The largest absolute Gasteiger partial charge is 0.488 e. The van der Waals surface area contributed by atoms with E-state index in [0.29, 0.717) is 0 Å². The molecular weight excluding hydrogens is 458 g/mol. The fraction of sp³-hybridized carbons (Fsp3) is 0.333. The van der Waals surface area contributed by atoms with Gasteiger partial charge in [0, 0.05) is 18.9 Å². The van der Waals surface area contributed by atoms with Crippen LogP contribution < -0.4 is 14.8 Å². The van der Waals surface area contributed by atoms with Crippen LogP contribution in [0.1, 0.15) is 29.9 Å². The minimum absolute atomic E-state index is 0.111. The van der Waals surface area contributed by atoms with E-state index in [2.05, 4.69) is 21.9 Å². The van der Waals surface area contributed by atoms with E-state index >= 15 is 0 Å². The second-order valence-electron chi connectivity index (χ2n) is 7.77. The highest BCUT2D eigenvalue weighted by Crippen LogP contribution is 2.33. The molecule has 1 amide bonds. The molecule has 0 saturated carbocycles. The number of aliphatic hydroxyl groups is 1. The highest BCUT2D eigenvalue weighted by Gasteiger charge is 2.36. The van der Waals surface area contributed by atoms with E-state index in [1.807, 2.05) is 0 Å². The number of hydrogen-bond donors (Lipinski definition) is 3. The molecule has 0 radical (unpaired) electrons. The smallest absolute Gasteiger partial charge is 0.276 e. The average Bonchev–Trinajstić information content (AvgIpc) is 3.00. The van der Waals surface area contributed by atoms with Crippen molar-refractivity contribution in [3.05, 3.63) is 41.5 Å². The van der Waals surface area contributed by atoms with Crippen LogP contribution in [0, 0.1) is 29.0 Å². The molecule has 0 bridgehead atoms. The van der Waals surface area contributed by atoms with Crippen LogP contribution in [0.2, 0.25) is 0 Å². The van der Waals surface area contributed by atoms with Crippen molar-refractivity contribution in [2.45, 2.75) is 36.6 Å². The molecular formula is C21H20F2N4O5S.